The average Bonchev–Trinajstić information content (AvgIpc) is 2.61. The molecule has 0 aromatic carbocycles. The Balaban J connectivity index is 2.23. The molecule has 0 bridgehead atoms. The number of hydrogen-bond acceptors (Lipinski definition) is 4. The third-order valence-electron chi connectivity index (χ3n) is 2.73. The zero-order valence-corrected chi connectivity index (χ0v) is 8.67. The van der Waals surface area contributed by atoms with Gasteiger partial charge in [-0.15, -0.1) is 0 Å². The lowest BCUT2D eigenvalue weighted by molar-refractivity contribution is 0.329. The van der Waals surface area contributed by atoms with Gasteiger partial charge in [0.1, 0.15) is 5.76 Å². The first kappa shape index (κ1) is 9.52. The van der Waals surface area contributed by atoms with Crippen molar-refractivity contribution in [2.45, 2.75) is 32.2 Å². The predicted molar refractivity (Wildman–Crippen MR) is 52.4 cm³/mol. The normalized spacial score (nSPS) is 22.3. The van der Waals surface area contributed by atoms with Crippen molar-refractivity contribution in [2.75, 3.05) is 13.7 Å². The minimum absolute atomic E-state index is 0.352. The Morgan fingerprint density at radius 3 is 3.00 bits per heavy atom. The fraction of sp³-hybridized carbons (Fsp3) is 0.700. The molecule has 2 heterocycles. The summed E-state index contributed by atoms with van der Waals surface area (Å²) in [6, 6.07) is 0.352. The minimum atomic E-state index is 0.352. The van der Waals surface area contributed by atoms with E-state index in [1.165, 1.54) is 12.8 Å². The lowest BCUT2D eigenvalue weighted by Gasteiger charge is -2.22. The Bertz CT molecular complexity index is 303. The van der Waals surface area contributed by atoms with Gasteiger partial charge in [-0.25, -0.2) is 0 Å². The molecule has 0 spiro atoms. The van der Waals surface area contributed by atoms with E-state index >= 15 is 0 Å². The molecular formula is C10H16N2O2. The molecule has 0 aliphatic carbocycles. The SMILES string of the molecule is COc1noc(C)c1C1CCCCN1. The predicted octanol–water partition coefficient (Wildman–Crippen LogP) is 1.81. The van der Waals surface area contributed by atoms with Gasteiger partial charge >= 0.3 is 0 Å². The molecule has 78 valence electrons. The van der Waals surface area contributed by atoms with Gasteiger partial charge in [0.25, 0.3) is 5.88 Å². The van der Waals surface area contributed by atoms with Crippen LogP contribution < -0.4 is 10.1 Å². The summed E-state index contributed by atoms with van der Waals surface area (Å²) in [5, 5.41) is 7.33. The maximum absolute atomic E-state index is 5.17. The molecule has 1 aromatic rings. The Morgan fingerprint density at radius 1 is 1.50 bits per heavy atom. The first-order valence-electron chi connectivity index (χ1n) is 5.06. The Labute approximate surface area is 83.6 Å². The van der Waals surface area contributed by atoms with Crippen LogP contribution in [0.2, 0.25) is 0 Å². The molecule has 4 heteroatoms. The summed E-state index contributed by atoms with van der Waals surface area (Å²) < 4.78 is 10.3. The number of rotatable bonds is 2. The van der Waals surface area contributed by atoms with Crippen LogP contribution in [-0.2, 0) is 0 Å². The van der Waals surface area contributed by atoms with Crippen molar-refractivity contribution in [3.8, 4) is 5.88 Å². The molecule has 1 aromatic heterocycles. The molecule has 1 unspecified atom stereocenters. The lowest BCUT2D eigenvalue weighted by atomic mass is 9.98. The smallest absolute Gasteiger partial charge is 0.258 e. The van der Waals surface area contributed by atoms with Crippen LogP contribution in [0.3, 0.4) is 0 Å². The number of aromatic nitrogens is 1. The standard InChI is InChI=1S/C10H16N2O2/c1-7-9(10(13-2)12-14-7)8-5-3-4-6-11-8/h8,11H,3-6H2,1-2H3. The van der Waals surface area contributed by atoms with Gasteiger partial charge in [-0.05, 0) is 31.5 Å². The molecule has 1 aliphatic heterocycles. The molecule has 1 N–H and O–H groups in total. The molecule has 1 aliphatic rings. The van der Waals surface area contributed by atoms with Crippen molar-refractivity contribution in [3.05, 3.63) is 11.3 Å². The summed E-state index contributed by atoms with van der Waals surface area (Å²) in [6.07, 6.45) is 3.65. The molecule has 0 amide bonds. The van der Waals surface area contributed by atoms with E-state index in [9.17, 15) is 0 Å². The van der Waals surface area contributed by atoms with Crippen LogP contribution in [0.25, 0.3) is 0 Å². The zero-order chi connectivity index (χ0) is 9.97. The second-order valence-electron chi connectivity index (χ2n) is 3.66. The molecule has 2 rings (SSSR count). The number of methoxy groups -OCH3 is 1. The van der Waals surface area contributed by atoms with E-state index in [2.05, 4.69) is 10.5 Å². The van der Waals surface area contributed by atoms with Crippen molar-refractivity contribution in [1.82, 2.24) is 10.5 Å². The van der Waals surface area contributed by atoms with E-state index in [0.29, 0.717) is 11.9 Å². The first-order valence-corrected chi connectivity index (χ1v) is 5.06. The zero-order valence-electron chi connectivity index (χ0n) is 8.67. The molecule has 1 atom stereocenters. The topological polar surface area (TPSA) is 47.3 Å². The molecule has 1 fully saturated rings. The van der Waals surface area contributed by atoms with Gasteiger partial charge in [-0.1, -0.05) is 6.42 Å². The largest absolute Gasteiger partial charge is 0.479 e. The maximum atomic E-state index is 5.17. The van der Waals surface area contributed by atoms with Crippen LogP contribution in [0.5, 0.6) is 5.88 Å². The second-order valence-corrected chi connectivity index (χ2v) is 3.66. The van der Waals surface area contributed by atoms with Crippen molar-refractivity contribution < 1.29 is 9.26 Å². The van der Waals surface area contributed by atoms with Crippen LogP contribution in [0.15, 0.2) is 4.52 Å². The number of ether oxygens (including phenoxy) is 1. The van der Waals surface area contributed by atoms with Crippen LogP contribution in [0.1, 0.15) is 36.6 Å². The first-order chi connectivity index (χ1) is 6.83. The summed E-state index contributed by atoms with van der Waals surface area (Å²) in [7, 11) is 1.63. The van der Waals surface area contributed by atoms with E-state index in [1.807, 2.05) is 6.92 Å². The van der Waals surface area contributed by atoms with Crippen LogP contribution in [-0.4, -0.2) is 18.8 Å². The Kier molecular flexibility index (Phi) is 2.72. The molecule has 0 saturated carbocycles. The van der Waals surface area contributed by atoms with Gasteiger partial charge in [0.2, 0.25) is 0 Å². The van der Waals surface area contributed by atoms with E-state index in [1.54, 1.807) is 7.11 Å². The number of nitrogens with zero attached hydrogens (tertiary/aromatic N) is 1. The van der Waals surface area contributed by atoms with Crippen LogP contribution >= 0.6 is 0 Å². The average molecular weight is 196 g/mol. The molecule has 4 nitrogen and oxygen atoms in total. The highest BCUT2D eigenvalue weighted by atomic mass is 16.5. The lowest BCUT2D eigenvalue weighted by Crippen LogP contribution is -2.27. The van der Waals surface area contributed by atoms with Crippen molar-refractivity contribution in [1.29, 1.82) is 0 Å². The number of hydrogen-bond donors (Lipinski definition) is 1. The number of nitrogens with one attached hydrogen (secondary N) is 1. The highest BCUT2D eigenvalue weighted by Gasteiger charge is 2.24. The summed E-state index contributed by atoms with van der Waals surface area (Å²) in [4.78, 5) is 0. The van der Waals surface area contributed by atoms with E-state index < -0.39 is 0 Å². The summed E-state index contributed by atoms with van der Waals surface area (Å²) in [5.41, 5.74) is 1.09. The fourth-order valence-electron chi connectivity index (χ4n) is 2.00. The number of aryl methyl sites for hydroxylation is 1. The molecule has 0 radical (unpaired) electrons. The van der Waals surface area contributed by atoms with Gasteiger partial charge in [0, 0.05) is 6.04 Å². The summed E-state index contributed by atoms with van der Waals surface area (Å²) >= 11 is 0. The molecular weight excluding hydrogens is 180 g/mol. The van der Waals surface area contributed by atoms with Gasteiger partial charge < -0.3 is 14.6 Å². The second kappa shape index (κ2) is 4.00. The van der Waals surface area contributed by atoms with Gasteiger partial charge in [0.15, 0.2) is 0 Å². The van der Waals surface area contributed by atoms with Crippen molar-refractivity contribution in [2.24, 2.45) is 0 Å². The third kappa shape index (κ3) is 1.62. The highest BCUT2D eigenvalue weighted by molar-refractivity contribution is 5.31. The summed E-state index contributed by atoms with van der Waals surface area (Å²) in [5.74, 6) is 1.49. The van der Waals surface area contributed by atoms with Crippen molar-refractivity contribution in [3.63, 3.8) is 0 Å². The van der Waals surface area contributed by atoms with Crippen molar-refractivity contribution >= 4 is 0 Å². The minimum Gasteiger partial charge on any atom is -0.479 e. The molecule has 14 heavy (non-hydrogen) atoms. The van der Waals surface area contributed by atoms with Gasteiger partial charge in [0.05, 0.1) is 12.7 Å². The van der Waals surface area contributed by atoms with E-state index in [4.69, 9.17) is 9.26 Å². The Hall–Kier alpha value is -1.03. The fourth-order valence-corrected chi connectivity index (χ4v) is 2.00. The molecule has 1 saturated heterocycles. The highest BCUT2D eigenvalue weighted by Crippen LogP contribution is 2.32. The maximum Gasteiger partial charge on any atom is 0.258 e. The van der Waals surface area contributed by atoms with Gasteiger partial charge in [-0.3, -0.25) is 0 Å². The Morgan fingerprint density at radius 2 is 2.36 bits per heavy atom. The van der Waals surface area contributed by atoms with Gasteiger partial charge in [-0.2, -0.15) is 0 Å². The van der Waals surface area contributed by atoms with E-state index in [-0.39, 0.29) is 0 Å². The van der Waals surface area contributed by atoms with E-state index in [0.717, 1.165) is 24.3 Å². The summed E-state index contributed by atoms with van der Waals surface area (Å²) in [6.45, 7) is 3.00. The number of piperidine rings is 1. The quantitative estimate of drug-likeness (QED) is 0.783. The monoisotopic (exact) mass is 196 g/mol. The van der Waals surface area contributed by atoms with Crippen LogP contribution in [0.4, 0.5) is 0 Å². The third-order valence-corrected chi connectivity index (χ3v) is 2.73. The van der Waals surface area contributed by atoms with Crippen LogP contribution in [0, 0.1) is 6.92 Å².